The Morgan fingerprint density at radius 1 is 1.10 bits per heavy atom. The summed E-state index contributed by atoms with van der Waals surface area (Å²) >= 11 is 0. The average molecular weight is 573 g/mol. The summed E-state index contributed by atoms with van der Waals surface area (Å²) in [4.78, 5) is 29.5. The highest BCUT2D eigenvalue weighted by Gasteiger charge is 2.34. The van der Waals surface area contributed by atoms with Crippen LogP contribution in [0.4, 0.5) is 5.95 Å². The smallest absolute Gasteiger partial charge is 0.344 e. The number of fused-ring (bicyclic) bond motifs is 1. The second-order valence-corrected chi connectivity index (χ2v) is 12.1. The Hall–Kier alpha value is -2.85. The van der Waals surface area contributed by atoms with Crippen LogP contribution in [0, 0.1) is 6.92 Å². The van der Waals surface area contributed by atoms with E-state index in [2.05, 4.69) is 26.8 Å². The third-order valence-electron chi connectivity index (χ3n) is 7.42. The largest absolute Gasteiger partial charge is 0.481 e. The summed E-state index contributed by atoms with van der Waals surface area (Å²) in [5, 5.41) is 0.781. The number of nitrogen functional groups attached to an aromatic ring is 1. The minimum Gasteiger partial charge on any atom is -0.481 e. The maximum atomic E-state index is 14.0. The van der Waals surface area contributed by atoms with Crippen molar-refractivity contribution in [2.45, 2.75) is 71.9 Å². The van der Waals surface area contributed by atoms with E-state index in [0.717, 1.165) is 44.0 Å². The number of methoxy groups -OCH3 is 1. The standard InChI is InChI=1S/C28H41N6O5P/c1-6-15-33(18-40(36,38-7-2)39-8-3)21-10-12-22(13-11-21)34-26-23(19(4)31-28(29)32-26)16-24(27(34)35)20-9-14-25(37-5)30-17-20/h9,14,16-17,21-22H,6-8,10-13,15,18H2,1-5H3,(H2,29,31,32). The molecule has 218 valence electrons. The van der Waals surface area contributed by atoms with Crippen LogP contribution in [-0.2, 0) is 13.6 Å². The topological polar surface area (TPSA) is 135 Å². The van der Waals surface area contributed by atoms with E-state index in [0.29, 0.717) is 41.6 Å². The van der Waals surface area contributed by atoms with E-state index in [9.17, 15) is 9.36 Å². The summed E-state index contributed by atoms with van der Waals surface area (Å²) in [5.74, 6) is 0.618. The molecular formula is C28H41N6O5P. The summed E-state index contributed by atoms with van der Waals surface area (Å²) in [6, 6.07) is 5.55. The third kappa shape index (κ3) is 6.54. The molecule has 1 aliphatic rings. The van der Waals surface area contributed by atoms with Crippen LogP contribution in [0.25, 0.3) is 22.2 Å². The molecule has 12 heteroatoms. The number of hydrogen-bond donors (Lipinski definition) is 1. The molecule has 0 aliphatic heterocycles. The number of rotatable bonds is 12. The van der Waals surface area contributed by atoms with Gasteiger partial charge in [-0.15, -0.1) is 0 Å². The number of hydrogen-bond acceptors (Lipinski definition) is 10. The lowest BCUT2D eigenvalue weighted by molar-refractivity contribution is 0.136. The zero-order valence-electron chi connectivity index (χ0n) is 24.1. The molecule has 11 nitrogen and oxygen atoms in total. The van der Waals surface area contributed by atoms with Gasteiger partial charge in [-0.25, -0.2) is 9.97 Å². The van der Waals surface area contributed by atoms with Crippen LogP contribution in [0.5, 0.6) is 5.88 Å². The van der Waals surface area contributed by atoms with E-state index in [1.165, 1.54) is 0 Å². The van der Waals surface area contributed by atoms with Crippen molar-refractivity contribution >= 4 is 24.6 Å². The number of ether oxygens (including phenoxy) is 1. The van der Waals surface area contributed by atoms with Crippen molar-refractivity contribution in [1.29, 1.82) is 0 Å². The second kappa shape index (κ2) is 13.2. The van der Waals surface area contributed by atoms with Gasteiger partial charge < -0.3 is 19.5 Å². The van der Waals surface area contributed by atoms with Crippen molar-refractivity contribution in [2.24, 2.45) is 0 Å². The van der Waals surface area contributed by atoms with Crippen LogP contribution in [-0.4, -0.2) is 63.6 Å². The lowest BCUT2D eigenvalue weighted by Gasteiger charge is -2.38. The Balaban J connectivity index is 1.67. The highest BCUT2D eigenvalue weighted by molar-refractivity contribution is 7.53. The Labute approximate surface area is 235 Å². The molecule has 3 aromatic heterocycles. The lowest BCUT2D eigenvalue weighted by Crippen LogP contribution is -2.41. The lowest BCUT2D eigenvalue weighted by atomic mass is 9.89. The SMILES string of the molecule is CCCN(CP(=O)(OCC)OCC)C1CCC(n2c(=O)c(-c3ccc(OC)nc3)cc3c(C)nc(N)nc32)CC1. The van der Waals surface area contributed by atoms with Crippen molar-refractivity contribution in [3.05, 3.63) is 40.4 Å². The molecule has 0 bridgehead atoms. The number of nitrogens with two attached hydrogens (primary N) is 1. The quantitative estimate of drug-likeness (QED) is 0.290. The van der Waals surface area contributed by atoms with Crippen molar-refractivity contribution in [3.8, 4) is 17.0 Å². The first-order valence-electron chi connectivity index (χ1n) is 14.0. The minimum atomic E-state index is -3.22. The van der Waals surface area contributed by atoms with Gasteiger partial charge in [-0.1, -0.05) is 6.92 Å². The summed E-state index contributed by atoms with van der Waals surface area (Å²) in [5.41, 5.74) is 8.39. The Bertz CT molecular complexity index is 1400. The number of anilines is 1. The molecule has 0 saturated heterocycles. The van der Waals surface area contributed by atoms with Crippen molar-refractivity contribution in [2.75, 3.05) is 38.9 Å². The zero-order chi connectivity index (χ0) is 28.9. The van der Waals surface area contributed by atoms with Crippen molar-refractivity contribution in [1.82, 2.24) is 24.4 Å². The van der Waals surface area contributed by atoms with Crippen LogP contribution in [0.3, 0.4) is 0 Å². The molecule has 40 heavy (non-hydrogen) atoms. The van der Waals surface area contributed by atoms with Crippen LogP contribution in [0.2, 0.25) is 0 Å². The predicted octanol–water partition coefficient (Wildman–Crippen LogP) is 5.17. The first kappa shape index (κ1) is 30.1. The fourth-order valence-electron chi connectivity index (χ4n) is 5.65. The highest BCUT2D eigenvalue weighted by Crippen LogP contribution is 2.49. The second-order valence-electron chi connectivity index (χ2n) is 10.1. The van der Waals surface area contributed by atoms with E-state index in [1.54, 1.807) is 23.9 Å². The average Bonchev–Trinajstić information content (AvgIpc) is 2.93. The van der Waals surface area contributed by atoms with Crippen LogP contribution < -0.4 is 16.0 Å². The highest BCUT2D eigenvalue weighted by atomic mass is 31.2. The van der Waals surface area contributed by atoms with Crippen LogP contribution >= 0.6 is 7.60 Å². The number of aryl methyl sites for hydroxylation is 1. The number of aromatic nitrogens is 4. The molecule has 0 atom stereocenters. The molecule has 4 rings (SSSR count). The normalized spacial score (nSPS) is 17.9. The van der Waals surface area contributed by atoms with Gasteiger partial charge in [-0.3, -0.25) is 18.8 Å². The molecule has 0 aromatic carbocycles. The maximum absolute atomic E-state index is 14.0. The molecule has 0 amide bonds. The Morgan fingerprint density at radius 2 is 1.80 bits per heavy atom. The van der Waals surface area contributed by atoms with E-state index in [1.807, 2.05) is 32.9 Å². The van der Waals surface area contributed by atoms with Crippen LogP contribution in [0.15, 0.2) is 29.2 Å². The first-order chi connectivity index (χ1) is 19.2. The van der Waals surface area contributed by atoms with E-state index < -0.39 is 7.60 Å². The van der Waals surface area contributed by atoms with Gasteiger partial charge in [-0.2, -0.15) is 4.98 Å². The van der Waals surface area contributed by atoms with Gasteiger partial charge in [-0.05, 0) is 71.6 Å². The van der Waals surface area contributed by atoms with Gasteiger partial charge in [0.15, 0.2) is 0 Å². The van der Waals surface area contributed by atoms with Crippen LogP contribution in [0.1, 0.15) is 64.6 Å². The minimum absolute atomic E-state index is 0.0693. The monoisotopic (exact) mass is 572 g/mol. The summed E-state index contributed by atoms with van der Waals surface area (Å²) in [6.45, 7) is 9.12. The maximum Gasteiger partial charge on any atom is 0.344 e. The summed E-state index contributed by atoms with van der Waals surface area (Å²) in [7, 11) is -1.66. The Morgan fingerprint density at radius 3 is 2.38 bits per heavy atom. The molecule has 1 aliphatic carbocycles. The van der Waals surface area contributed by atoms with Gasteiger partial charge in [0.1, 0.15) is 11.9 Å². The fraction of sp³-hybridized carbons (Fsp3) is 0.571. The molecule has 2 N–H and O–H groups in total. The summed E-state index contributed by atoms with van der Waals surface area (Å²) < 4.78 is 31.5. The third-order valence-corrected chi connectivity index (χ3v) is 9.43. The molecule has 3 aromatic rings. The first-order valence-corrected chi connectivity index (χ1v) is 15.8. The molecule has 0 radical (unpaired) electrons. The predicted molar refractivity (Wildman–Crippen MR) is 157 cm³/mol. The van der Waals surface area contributed by atoms with Gasteiger partial charge in [0.25, 0.3) is 5.56 Å². The molecule has 0 unspecified atom stereocenters. The van der Waals surface area contributed by atoms with Crippen molar-refractivity contribution < 1.29 is 18.3 Å². The molecule has 1 fully saturated rings. The van der Waals surface area contributed by atoms with Crippen molar-refractivity contribution in [3.63, 3.8) is 0 Å². The Kier molecular flexibility index (Phi) is 9.94. The van der Waals surface area contributed by atoms with Gasteiger partial charge in [0.2, 0.25) is 11.8 Å². The van der Waals surface area contributed by atoms with E-state index in [4.69, 9.17) is 19.5 Å². The van der Waals surface area contributed by atoms with Gasteiger partial charge in [0.05, 0.1) is 26.0 Å². The van der Waals surface area contributed by atoms with E-state index in [-0.39, 0.29) is 29.9 Å². The fourth-order valence-corrected chi connectivity index (χ4v) is 7.49. The number of pyridine rings is 2. The van der Waals surface area contributed by atoms with Gasteiger partial charge >= 0.3 is 7.60 Å². The molecule has 1 saturated carbocycles. The molecule has 0 spiro atoms. The van der Waals surface area contributed by atoms with E-state index >= 15 is 0 Å². The number of nitrogens with zero attached hydrogens (tertiary/aromatic N) is 5. The summed E-state index contributed by atoms with van der Waals surface area (Å²) in [6.07, 6.45) is 6.05. The van der Waals surface area contributed by atoms with Gasteiger partial charge in [0, 0.05) is 40.9 Å². The molecular weight excluding hydrogens is 531 g/mol. The molecule has 3 heterocycles. The zero-order valence-corrected chi connectivity index (χ0v) is 25.0.